The Labute approximate surface area is 111 Å². The van der Waals surface area contributed by atoms with Crippen molar-refractivity contribution in [3.8, 4) is 0 Å². The van der Waals surface area contributed by atoms with E-state index in [0.29, 0.717) is 34.3 Å². The van der Waals surface area contributed by atoms with Gasteiger partial charge in [0.2, 0.25) is 0 Å². The fourth-order valence-corrected chi connectivity index (χ4v) is 10.9. The molecule has 0 aromatic carbocycles. The third-order valence-electron chi connectivity index (χ3n) is 4.83. The van der Waals surface area contributed by atoms with Crippen LogP contribution in [0.4, 0.5) is 0 Å². The van der Waals surface area contributed by atoms with Crippen LogP contribution in [-0.4, -0.2) is 41.4 Å². The van der Waals surface area contributed by atoms with Crippen molar-refractivity contribution >= 4 is 44.7 Å². The van der Waals surface area contributed by atoms with E-state index < -0.39 is 10.8 Å². The maximum absolute atomic E-state index is 12.0. The van der Waals surface area contributed by atoms with E-state index in [1.165, 1.54) is 5.56 Å². The molecule has 4 unspecified atom stereocenters. The molecular formula is C12H10O3Se2. The second-order valence-electron chi connectivity index (χ2n) is 5.26. The van der Waals surface area contributed by atoms with E-state index in [-0.39, 0.29) is 17.9 Å². The molecule has 0 N–H and O–H groups in total. The molecule has 0 bridgehead atoms. The summed E-state index contributed by atoms with van der Waals surface area (Å²) in [5.74, 6) is -0.337. The van der Waals surface area contributed by atoms with Gasteiger partial charge in [-0.05, 0) is 0 Å². The second-order valence-corrected chi connectivity index (χ2v) is 10.9. The van der Waals surface area contributed by atoms with Crippen molar-refractivity contribution in [3.63, 3.8) is 0 Å². The van der Waals surface area contributed by atoms with Gasteiger partial charge in [0.15, 0.2) is 0 Å². The summed E-state index contributed by atoms with van der Waals surface area (Å²) in [6.07, 6.45) is 0. The van der Waals surface area contributed by atoms with Gasteiger partial charge in [-0.25, -0.2) is 0 Å². The molecule has 2 fully saturated rings. The van der Waals surface area contributed by atoms with E-state index in [1.807, 2.05) is 13.8 Å². The van der Waals surface area contributed by atoms with Gasteiger partial charge in [-0.2, -0.15) is 0 Å². The first kappa shape index (κ1) is 10.6. The Hall–Kier alpha value is -0.341. The molecule has 0 amide bonds. The number of carbonyl (C=O) groups is 2. The molecule has 2 aliphatic heterocycles. The predicted octanol–water partition coefficient (Wildman–Crippen LogP) is 0.0684. The van der Waals surface area contributed by atoms with Gasteiger partial charge in [-0.3, -0.25) is 0 Å². The number of fused-ring (bicyclic) bond motifs is 6. The summed E-state index contributed by atoms with van der Waals surface area (Å²) in [6, 6.07) is 2.18. The zero-order chi connectivity index (χ0) is 12.0. The Kier molecular flexibility index (Phi) is 1.74. The first-order chi connectivity index (χ1) is 8.01. The molecule has 88 valence electrons. The normalized spacial score (nSPS) is 46.0. The van der Waals surface area contributed by atoms with Crippen molar-refractivity contribution in [2.45, 2.75) is 24.6 Å². The zero-order valence-electron chi connectivity index (χ0n) is 9.35. The second kappa shape index (κ2) is 2.80. The predicted molar refractivity (Wildman–Crippen MR) is 62.6 cm³/mol. The number of carbonyl (C=O) groups excluding carboxylic acids is 2. The van der Waals surface area contributed by atoms with Crippen molar-refractivity contribution in [1.29, 1.82) is 0 Å². The average Bonchev–Trinajstić information content (AvgIpc) is 2.87. The molecule has 1 aliphatic carbocycles. The Morgan fingerprint density at radius 1 is 1.24 bits per heavy atom. The molecule has 0 radical (unpaired) electrons. The molecule has 3 nitrogen and oxygen atoms in total. The summed E-state index contributed by atoms with van der Waals surface area (Å²) in [5.41, 5.74) is 0.211. The molecule has 1 saturated carbocycles. The van der Waals surface area contributed by atoms with Gasteiger partial charge in [-0.15, -0.1) is 0 Å². The van der Waals surface area contributed by atoms with Crippen LogP contribution in [0.15, 0.2) is 11.0 Å². The molecule has 3 aliphatic rings. The van der Waals surface area contributed by atoms with Crippen LogP contribution in [0.1, 0.15) is 25.3 Å². The molecule has 17 heavy (non-hydrogen) atoms. The number of esters is 2. The molecule has 1 saturated heterocycles. The van der Waals surface area contributed by atoms with Gasteiger partial charge < -0.3 is 0 Å². The molecule has 1 aromatic rings. The number of hydrogen-bond acceptors (Lipinski definition) is 3. The summed E-state index contributed by atoms with van der Waals surface area (Å²) in [4.78, 5) is 26.6. The van der Waals surface area contributed by atoms with E-state index in [1.54, 1.807) is 3.34 Å². The topological polar surface area (TPSA) is 43.4 Å². The molecule has 4 atom stereocenters. The zero-order valence-corrected chi connectivity index (χ0v) is 12.8. The van der Waals surface area contributed by atoms with Gasteiger partial charge >= 0.3 is 111 Å². The number of rotatable bonds is 0. The van der Waals surface area contributed by atoms with E-state index in [2.05, 4.69) is 11.0 Å². The number of cyclic esters (lactones) is 2. The minimum atomic E-state index is -0.599. The van der Waals surface area contributed by atoms with Crippen LogP contribution < -0.4 is 3.34 Å². The van der Waals surface area contributed by atoms with Crippen LogP contribution in [-0.2, 0) is 14.3 Å². The van der Waals surface area contributed by atoms with Gasteiger partial charge in [-0.1, -0.05) is 0 Å². The summed E-state index contributed by atoms with van der Waals surface area (Å²) in [5, 5.41) is 0. The van der Waals surface area contributed by atoms with Gasteiger partial charge in [0, 0.05) is 0 Å². The first-order valence-corrected chi connectivity index (χ1v) is 9.21. The summed E-state index contributed by atoms with van der Waals surface area (Å²) < 4.78 is 6.48. The van der Waals surface area contributed by atoms with E-state index in [0.717, 1.165) is 0 Å². The summed E-state index contributed by atoms with van der Waals surface area (Å²) in [7, 11) is 0. The molecule has 3 heterocycles. The Morgan fingerprint density at radius 3 is 2.71 bits per heavy atom. The van der Waals surface area contributed by atoms with Crippen LogP contribution >= 0.6 is 0 Å². The van der Waals surface area contributed by atoms with Crippen LogP contribution in [0.5, 0.6) is 0 Å². The molecule has 4 rings (SSSR count). The van der Waals surface area contributed by atoms with Crippen molar-refractivity contribution < 1.29 is 14.3 Å². The molecule has 1 aromatic heterocycles. The van der Waals surface area contributed by atoms with Gasteiger partial charge in [0.1, 0.15) is 0 Å². The molecule has 0 spiro atoms. The van der Waals surface area contributed by atoms with Crippen molar-refractivity contribution in [2.24, 2.45) is 10.8 Å². The number of hydrogen-bond donors (Lipinski definition) is 0. The van der Waals surface area contributed by atoms with Crippen molar-refractivity contribution in [3.05, 3.63) is 16.6 Å². The third-order valence-corrected chi connectivity index (χ3v) is 11.5. The van der Waals surface area contributed by atoms with E-state index >= 15 is 0 Å². The number of ether oxygens (including phenoxy) is 1. The Bertz CT molecular complexity index is 578. The minimum absolute atomic E-state index is 0.252. The Morgan fingerprint density at radius 2 is 1.94 bits per heavy atom. The van der Waals surface area contributed by atoms with E-state index in [9.17, 15) is 9.59 Å². The van der Waals surface area contributed by atoms with Crippen molar-refractivity contribution in [1.82, 2.24) is 0 Å². The van der Waals surface area contributed by atoms with E-state index in [4.69, 9.17) is 4.74 Å². The SMILES string of the molecule is CC12C(=O)OC(=O)C1(C)C1c3cc[se]c3[Se]C12. The fraction of sp³-hybridized carbons (Fsp3) is 0.500. The maximum atomic E-state index is 12.0. The van der Waals surface area contributed by atoms with Crippen molar-refractivity contribution in [2.75, 3.05) is 0 Å². The van der Waals surface area contributed by atoms with Crippen LogP contribution in [0.2, 0.25) is 4.82 Å². The van der Waals surface area contributed by atoms with Crippen LogP contribution in [0.3, 0.4) is 0 Å². The monoisotopic (exact) mass is 362 g/mol. The standard InChI is InChI=1S/C12H10O3Se2/c1-11-6-5-3-4-16-8(5)17-7(6)12(11,2)10(14)15-9(11)13/h3-4,6-7H,1-2H3. The Balaban J connectivity index is 1.94. The third kappa shape index (κ3) is 0.849. The van der Waals surface area contributed by atoms with Crippen LogP contribution in [0.25, 0.3) is 0 Å². The molecular weight excluding hydrogens is 350 g/mol. The quantitative estimate of drug-likeness (QED) is 0.374. The first-order valence-electron chi connectivity index (χ1n) is 5.52. The average molecular weight is 360 g/mol. The van der Waals surface area contributed by atoms with Gasteiger partial charge in [0.25, 0.3) is 0 Å². The molecule has 5 heteroatoms. The van der Waals surface area contributed by atoms with Crippen LogP contribution in [0, 0.1) is 10.8 Å². The van der Waals surface area contributed by atoms with Gasteiger partial charge in [0.05, 0.1) is 0 Å². The summed E-state index contributed by atoms with van der Waals surface area (Å²) >= 11 is 0.849. The fourth-order valence-electron chi connectivity index (χ4n) is 3.53. The summed E-state index contributed by atoms with van der Waals surface area (Å²) in [6.45, 7) is 3.86.